The maximum Gasteiger partial charge on any atom is 0.312 e. The summed E-state index contributed by atoms with van der Waals surface area (Å²) in [5.41, 5.74) is 5.08. The number of urea groups is 1. The number of nitrogens with zero attached hydrogens (tertiary/aromatic N) is 3. The molecule has 14 heavy (non-hydrogen) atoms. The lowest BCUT2D eigenvalue weighted by Gasteiger charge is -2.60. The maximum absolute atomic E-state index is 10.9. The van der Waals surface area contributed by atoms with E-state index < -0.39 is 6.03 Å². The average Bonchev–Trinajstić information content (AvgIpc) is 1.96. The van der Waals surface area contributed by atoms with E-state index in [9.17, 15) is 4.79 Å². The van der Waals surface area contributed by atoms with Crippen molar-refractivity contribution < 1.29 is 4.79 Å². The Morgan fingerprint density at radius 2 is 1.50 bits per heavy atom. The Morgan fingerprint density at radius 3 is 1.86 bits per heavy atom. The van der Waals surface area contributed by atoms with Crippen molar-refractivity contribution >= 4 is 6.03 Å². The predicted octanol–water partition coefficient (Wildman–Crippen LogP) is -1.79. The quantitative estimate of drug-likeness (QED) is 0.521. The first-order chi connectivity index (χ1) is 6.65. The van der Waals surface area contributed by atoms with Gasteiger partial charge in [-0.1, -0.05) is 0 Å². The summed E-state index contributed by atoms with van der Waals surface area (Å²) in [4.78, 5) is 18.0. The predicted molar refractivity (Wildman–Crippen MR) is 50.2 cm³/mol. The number of nitrogens with two attached hydrogens (primary N) is 1. The Morgan fingerprint density at radius 1 is 1.07 bits per heavy atom. The van der Waals surface area contributed by atoms with Gasteiger partial charge < -0.3 is 11.1 Å². The maximum atomic E-state index is 10.9. The molecule has 78 valence electrons. The lowest BCUT2D eigenvalue weighted by molar-refractivity contribution is -0.146. The van der Waals surface area contributed by atoms with Crippen LogP contribution in [0.5, 0.6) is 0 Å². The summed E-state index contributed by atoms with van der Waals surface area (Å²) in [5, 5.41) is 2.90. The first-order valence-electron chi connectivity index (χ1n) is 4.90. The van der Waals surface area contributed by atoms with Crippen LogP contribution in [-0.2, 0) is 0 Å². The molecule has 4 heterocycles. The Bertz CT molecular complexity index is 244. The molecule has 0 unspecified atom stereocenters. The fraction of sp³-hybridized carbons (Fsp3) is 0.875. The van der Waals surface area contributed by atoms with Crippen LogP contribution in [0.15, 0.2) is 0 Å². The van der Waals surface area contributed by atoms with E-state index in [0.29, 0.717) is 0 Å². The Balaban J connectivity index is 1.83. The van der Waals surface area contributed by atoms with E-state index in [1.165, 1.54) is 0 Å². The third-order valence-corrected chi connectivity index (χ3v) is 3.17. The number of nitrogens with one attached hydrogen (secondary N) is 1. The molecule has 2 amide bonds. The zero-order valence-corrected chi connectivity index (χ0v) is 8.07. The largest absolute Gasteiger partial charge is 0.352 e. The lowest BCUT2D eigenvalue weighted by Crippen LogP contribution is -2.80. The minimum atomic E-state index is -0.407. The van der Waals surface area contributed by atoms with Gasteiger partial charge in [-0.2, -0.15) is 0 Å². The Labute approximate surface area is 82.6 Å². The van der Waals surface area contributed by atoms with E-state index in [4.69, 9.17) is 5.73 Å². The summed E-state index contributed by atoms with van der Waals surface area (Å²) in [6, 6.07) is -0.407. The average molecular weight is 197 g/mol. The summed E-state index contributed by atoms with van der Waals surface area (Å²) >= 11 is 0. The summed E-state index contributed by atoms with van der Waals surface area (Å²) in [6.45, 7) is 5.88. The zero-order chi connectivity index (χ0) is 9.76. The van der Waals surface area contributed by atoms with Crippen molar-refractivity contribution in [3.05, 3.63) is 0 Å². The number of hydrogen-bond acceptors (Lipinski definition) is 4. The van der Waals surface area contributed by atoms with Crippen LogP contribution in [0.3, 0.4) is 0 Å². The van der Waals surface area contributed by atoms with E-state index in [0.717, 1.165) is 39.6 Å². The van der Waals surface area contributed by atoms with E-state index in [-0.39, 0.29) is 5.54 Å². The molecule has 0 radical (unpaired) electrons. The van der Waals surface area contributed by atoms with Gasteiger partial charge in [0.1, 0.15) is 0 Å². The van der Waals surface area contributed by atoms with Crippen molar-refractivity contribution in [2.24, 2.45) is 5.73 Å². The second kappa shape index (κ2) is 2.59. The van der Waals surface area contributed by atoms with Crippen LogP contribution in [0.25, 0.3) is 0 Å². The van der Waals surface area contributed by atoms with Crippen LogP contribution in [0.1, 0.15) is 0 Å². The normalized spacial score (nSPS) is 49.3. The first-order valence-corrected chi connectivity index (χ1v) is 4.90. The van der Waals surface area contributed by atoms with Gasteiger partial charge in [-0.15, -0.1) is 0 Å². The third kappa shape index (κ3) is 1.18. The number of carbonyl (C=O) groups excluding carboxylic acids is 1. The molecule has 4 rings (SSSR count). The highest BCUT2D eigenvalue weighted by molar-refractivity contribution is 5.72. The molecule has 4 fully saturated rings. The van der Waals surface area contributed by atoms with Crippen LogP contribution in [-0.4, -0.2) is 65.9 Å². The van der Waals surface area contributed by atoms with Crippen molar-refractivity contribution in [1.29, 1.82) is 0 Å². The molecule has 0 aliphatic carbocycles. The fourth-order valence-corrected chi connectivity index (χ4v) is 3.10. The molecular weight excluding hydrogens is 182 g/mol. The highest BCUT2D eigenvalue weighted by Crippen LogP contribution is 2.28. The number of hydrogen-bond donors (Lipinski definition) is 2. The number of amides is 2. The summed E-state index contributed by atoms with van der Waals surface area (Å²) < 4.78 is 0. The number of carbonyl (C=O) groups is 1. The fourth-order valence-electron chi connectivity index (χ4n) is 3.10. The van der Waals surface area contributed by atoms with E-state index in [1.54, 1.807) is 0 Å². The van der Waals surface area contributed by atoms with Gasteiger partial charge in [0, 0.05) is 19.6 Å². The van der Waals surface area contributed by atoms with Gasteiger partial charge in [0.05, 0.1) is 25.5 Å². The van der Waals surface area contributed by atoms with Crippen molar-refractivity contribution in [3.8, 4) is 0 Å². The van der Waals surface area contributed by atoms with Crippen LogP contribution in [0.2, 0.25) is 0 Å². The third-order valence-electron chi connectivity index (χ3n) is 3.17. The second-order valence-electron chi connectivity index (χ2n) is 4.68. The summed E-state index contributed by atoms with van der Waals surface area (Å²) in [5.74, 6) is 0. The standard InChI is InChI=1S/C8H15N5O/c9-7(14)10-8-1-11-4-12(2-8)6-13(3-8)5-11/h1-6H2,(H3,9,10,14). The van der Waals surface area contributed by atoms with E-state index in [2.05, 4.69) is 20.0 Å². The van der Waals surface area contributed by atoms with Crippen molar-refractivity contribution in [1.82, 2.24) is 20.0 Å². The van der Waals surface area contributed by atoms with Crippen molar-refractivity contribution in [2.75, 3.05) is 39.6 Å². The van der Waals surface area contributed by atoms with Crippen LogP contribution in [0.4, 0.5) is 4.79 Å². The molecule has 4 aliphatic heterocycles. The van der Waals surface area contributed by atoms with Gasteiger partial charge in [-0.3, -0.25) is 14.7 Å². The molecule has 6 heteroatoms. The minimum Gasteiger partial charge on any atom is -0.352 e. The molecule has 6 nitrogen and oxygen atoms in total. The van der Waals surface area contributed by atoms with Gasteiger partial charge in [0.25, 0.3) is 0 Å². The molecule has 0 aromatic heterocycles. The Hall–Kier alpha value is -0.850. The van der Waals surface area contributed by atoms with Crippen molar-refractivity contribution in [2.45, 2.75) is 5.54 Å². The van der Waals surface area contributed by atoms with Crippen LogP contribution >= 0.6 is 0 Å². The molecular formula is C8H15N5O. The summed E-state index contributed by atoms with van der Waals surface area (Å²) in [7, 11) is 0. The zero-order valence-electron chi connectivity index (χ0n) is 8.07. The van der Waals surface area contributed by atoms with Gasteiger partial charge in [-0.05, 0) is 0 Å². The molecule has 4 bridgehead atoms. The highest BCUT2D eigenvalue weighted by Gasteiger charge is 2.49. The monoisotopic (exact) mass is 197 g/mol. The molecule has 4 aliphatic rings. The molecule has 0 aromatic carbocycles. The highest BCUT2D eigenvalue weighted by atomic mass is 16.2. The minimum absolute atomic E-state index is 0.124. The van der Waals surface area contributed by atoms with E-state index >= 15 is 0 Å². The molecule has 0 atom stereocenters. The number of primary amides is 1. The van der Waals surface area contributed by atoms with Gasteiger partial charge in [0.2, 0.25) is 0 Å². The van der Waals surface area contributed by atoms with Crippen LogP contribution < -0.4 is 11.1 Å². The lowest BCUT2D eigenvalue weighted by atomic mass is 9.91. The molecule has 0 saturated carbocycles. The summed E-state index contributed by atoms with van der Waals surface area (Å²) in [6.07, 6.45) is 0. The van der Waals surface area contributed by atoms with Crippen LogP contribution in [0, 0.1) is 0 Å². The SMILES string of the molecule is NC(=O)NC12CN3CN(CN(C3)C1)C2. The number of rotatable bonds is 1. The first kappa shape index (κ1) is 8.46. The topological polar surface area (TPSA) is 64.8 Å². The van der Waals surface area contributed by atoms with Gasteiger partial charge in [0.15, 0.2) is 0 Å². The molecule has 3 N–H and O–H groups in total. The Kier molecular flexibility index (Phi) is 1.56. The van der Waals surface area contributed by atoms with Crippen molar-refractivity contribution in [3.63, 3.8) is 0 Å². The molecule has 4 saturated heterocycles. The molecule has 0 aromatic rings. The smallest absolute Gasteiger partial charge is 0.312 e. The van der Waals surface area contributed by atoms with Gasteiger partial charge in [-0.25, -0.2) is 4.79 Å². The molecule has 0 spiro atoms. The second-order valence-corrected chi connectivity index (χ2v) is 4.68. The van der Waals surface area contributed by atoms with Gasteiger partial charge >= 0.3 is 6.03 Å². The van der Waals surface area contributed by atoms with E-state index in [1.807, 2.05) is 0 Å².